The second-order valence-electron chi connectivity index (χ2n) is 5.66. The summed E-state index contributed by atoms with van der Waals surface area (Å²) in [7, 11) is 0. The first kappa shape index (κ1) is 15.1. The SMILES string of the molecule is CC1(C)OC2C(O1)[C@@H](CO)O[C@H]2n1c(C=O)cc(=O)[nH]c1=O. The number of aromatic amines is 1. The molecule has 1 aromatic heterocycles. The molecule has 0 bridgehead atoms. The summed E-state index contributed by atoms with van der Waals surface area (Å²) >= 11 is 0. The van der Waals surface area contributed by atoms with E-state index in [4.69, 9.17) is 14.2 Å². The van der Waals surface area contributed by atoms with Gasteiger partial charge in [0.2, 0.25) is 0 Å². The lowest BCUT2D eigenvalue weighted by atomic mass is 10.1. The van der Waals surface area contributed by atoms with E-state index < -0.39 is 41.6 Å². The second-order valence-corrected chi connectivity index (χ2v) is 5.66. The highest BCUT2D eigenvalue weighted by atomic mass is 16.8. The first-order chi connectivity index (χ1) is 10.4. The van der Waals surface area contributed by atoms with Gasteiger partial charge in [-0.05, 0) is 13.8 Å². The maximum Gasteiger partial charge on any atom is 0.331 e. The zero-order valence-electron chi connectivity index (χ0n) is 12.0. The van der Waals surface area contributed by atoms with E-state index in [9.17, 15) is 19.5 Å². The fourth-order valence-corrected chi connectivity index (χ4v) is 2.89. The van der Waals surface area contributed by atoms with Crippen LogP contribution >= 0.6 is 0 Å². The number of aliphatic hydroxyl groups is 1. The minimum absolute atomic E-state index is 0.135. The van der Waals surface area contributed by atoms with Gasteiger partial charge in [-0.2, -0.15) is 0 Å². The Kier molecular flexibility index (Phi) is 3.52. The van der Waals surface area contributed by atoms with E-state index in [2.05, 4.69) is 4.98 Å². The van der Waals surface area contributed by atoms with Gasteiger partial charge in [-0.25, -0.2) is 4.79 Å². The predicted octanol–water partition coefficient (Wildman–Crippen LogP) is -1.24. The minimum atomic E-state index is -0.978. The number of H-pyrrole nitrogens is 1. The number of nitrogens with one attached hydrogen (secondary N) is 1. The third kappa shape index (κ3) is 2.31. The van der Waals surface area contributed by atoms with E-state index in [-0.39, 0.29) is 12.3 Å². The van der Waals surface area contributed by atoms with Crippen LogP contribution in [0.1, 0.15) is 30.6 Å². The van der Waals surface area contributed by atoms with Crippen LogP contribution in [0.25, 0.3) is 0 Å². The lowest BCUT2D eigenvalue weighted by Gasteiger charge is -2.24. The van der Waals surface area contributed by atoms with Gasteiger partial charge in [0.05, 0.1) is 12.3 Å². The van der Waals surface area contributed by atoms with E-state index in [0.29, 0.717) is 6.29 Å². The molecule has 22 heavy (non-hydrogen) atoms. The molecule has 2 N–H and O–H groups in total. The lowest BCUT2D eigenvalue weighted by molar-refractivity contribution is -0.200. The molecule has 1 aromatic rings. The summed E-state index contributed by atoms with van der Waals surface area (Å²) in [5, 5.41) is 9.41. The first-order valence-corrected chi connectivity index (χ1v) is 6.79. The molecule has 9 heteroatoms. The standard InChI is InChI=1S/C13H16N2O7/c1-13(2)21-9-7(5-17)20-11(10(9)22-13)15-6(4-16)3-8(18)14-12(15)19/h3-4,7,9-11,17H,5H2,1-2H3,(H,14,18,19)/t7-,9?,10?,11-/m1/s1. The molecule has 2 aliphatic heterocycles. The number of carbonyl (C=O) groups excluding carboxylic acids is 1. The van der Waals surface area contributed by atoms with Crippen molar-refractivity contribution in [3.8, 4) is 0 Å². The first-order valence-electron chi connectivity index (χ1n) is 6.79. The molecule has 0 amide bonds. The van der Waals surface area contributed by atoms with Crippen LogP contribution in [-0.2, 0) is 14.2 Å². The highest BCUT2D eigenvalue weighted by Crippen LogP contribution is 2.42. The fourth-order valence-electron chi connectivity index (χ4n) is 2.89. The van der Waals surface area contributed by atoms with Crippen molar-refractivity contribution in [2.45, 2.75) is 44.2 Å². The van der Waals surface area contributed by atoms with Crippen molar-refractivity contribution in [2.24, 2.45) is 0 Å². The van der Waals surface area contributed by atoms with Crippen LogP contribution < -0.4 is 11.2 Å². The Labute approximate surface area is 124 Å². The molecule has 4 atom stereocenters. The Morgan fingerprint density at radius 1 is 1.36 bits per heavy atom. The van der Waals surface area contributed by atoms with Gasteiger partial charge in [0.1, 0.15) is 18.3 Å². The molecule has 0 saturated carbocycles. The number of aromatic nitrogens is 2. The summed E-state index contributed by atoms with van der Waals surface area (Å²) in [5.41, 5.74) is -1.60. The number of hydrogen-bond acceptors (Lipinski definition) is 7. The quantitative estimate of drug-likeness (QED) is 0.670. The van der Waals surface area contributed by atoms with E-state index in [1.165, 1.54) is 0 Å². The summed E-state index contributed by atoms with van der Waals surface area (Å²) < 4.78 is 18.0. The highest BCUT2D eigenvalue weighted by molar-refractivity contribution is 5.71. The summed E-state index contributed by atoms with van der Waals surface area (Å²) in [6.07, 6.45) is -2.55. The summed E-state index contributed by atoms with van der Waals surface area (Å²) in [6.45, 7) is 3.08. The van der Waals surface area contributed by atoms with Gasteiger partial charge in [0.25, 0.3) is 5.56 Å². The molecule has 0 aliphatic carbocycles. The van der Waals surface area contributed by atoms with Crippen LogP contribution in [0.3, 0.4) is 0 Å². The Morgan fingerprint density at radius 2 is 2.05 bits per heavy atom. The maximum atomic E-state index is 12.1. The minimum Gasteiger partial charge on any atom is -0.394 e. The Balaban J connectivity index is 2.08. The number of nitrogens with zero attached hydrogens (tertiary/aromatic N) is 1. The Bertz CT molecular complexity index is 707. The van der Waals surface area contributed by atoms with E-state index >= 15 is 0 Å². The average molecular weight is 312 g/mol. The van der Waals surface area contributed by atoms with Crippen molar-refractivity contribution in [1.82, 2.24) is 9.55 Å². The molecule has 0 radical (unpaired) electrons. The summed E-state index contributed by atoms with van der Waals surface area (Å²) in [5.74, 6) is -0.905. The van der Waals surface area contributed by atoms with Gasteiger partial charge in [0, 0.05) is 6.07 Å². The van der Waals surface area contributed by atoms with Crippen LogP contribution in [0, 0.1) is 0 Å². The molecule has 2 saturated heterocycles. The molecule has 9 nitrogen and oxygen atoms in total. The summed E-state index contributed by atoms with van der Waals surface area (Å²) in [4.78, 5) is 36.6. The average Bonchev–Trinajstić information content (AvgIpc) is 2.91. The van der Waals surface area contributed by atoms with E-state index in [0.717, 1.165) is 10.6 Å². The van der Waals surface area contributed by atoms with Crippen molar-refractivity contribution in [2.75, 3.05) is 6.61 Å². The van der Waals surface area contributed by atoms with Gasteiger partial charge in [-0.1, -0.05) is 0 Å². The van der Waals surface area contributed by atoms with Crippen LogP contribution in [0.4, 0.5) is 0 Å². The van der Waals surface area contributed by atoms with Crippen LogP contribution in [0.2, 0.25) is 0 Å². The molecule has 2 fully saturated rings. The zero-order valence-corrected chi connectivity index (χ0v) is 12.0. The molecule has 3 heterocycles. The van der Waals surface area contributed by atoms with E-state index in [1.807, 2.05) is 0 Å². The number of aliphatic hydroxyl groups excluding tert-OH is 1. The lowest BCUT2D eigenvalue weighted by Crippen LogP contribution is -2.39. The van der Waals surface area contributed by atoms with Crippen molar-refractivity contribution in [3.63, 3.8) is 0 Å². The number of carbonyl (C=O) groups is 1. The van der Waals surface area contributed by atoms with Gasteiger partial charge in [-0.3, -0.25) is 19.1 Å². The molecular formula is C13H16N2O7. The van der Waals surface area contributed by atoms with Crippen LogP contribution in [-0.4, -0.2) is 51.6 Å². The third-order valence-corrected chi connectivity index (χ3v) is 3.69. The number of fused-ring (bicyclic) bond motifs is 1. The number of hydrogen-bond donors (Lipinski definition) is 2. The smallest absolute Gasteiger partial charge is 0.331 e. The second kappa shape index (κ2) is 5.13. The van der Waals surface area contributed by atoms with Gasteiger partial charge >= 0.3 is 5.69 Å². The molecule has 2 unspecified atom stereocenters. The molecule has 2 aliphatic rings. The van der Waals surface area contributed by atoms with Gasteiger partial charge < -0.3 is 19.3 Å². The molecule has 0 spiro atoms. The summed E-state index contributed by atoms with van der Waals surface area (Å²) in [6, 6.07) is 1.000. The number of ether oxygens (including phenoxy) is 3. The molecular weight excluding hydrogens is 296 g/mol. The predicted molar refractivity (Wildman–Crippen MR) is 71.5 cm³/mol. The normalized spacial score (nSPS) is 32.9. The number of rotatable bonds is 3. The zero-order chi connectivity index (χ0) is 16.1. The van der Waals surface area contributed by atoms with Crippen molar-refractivity contribution in [3.05, 3.63) is 32.6 Å². The van der Waals surface area contributed by atoms with Crippen molar-refractivity contribution < 1.29 is 24.1 Å². The molecule has 120 valence electrons. The Morgan fingerprint density at radius 3 is 2.68 bits per heavy atom. The third-order valence-electron chi connectivity index (χ3n) is 3.69. The molecule has 0 aromatic carbocycles. The molecule has 3 rings (SSSR count). The van der Waals surface area contributed by atoms with E-state index in [1.54, 1.807) is 13.8 Å². The van der Waals surface area contributed by atoms with Crippen molar-refractivity contribution in [1.29, 1.82) is 0 Å². The Hall–Kier alpha value is -1.81. The van der Waals surface area contributed by atoms with Crippen molar-refractivity contribution >= 4 is 6.29 Å². The monoisotopic (exact) mass is 312 g/mol. The largest absolute Gasteiger partial charge is 0.394 e. The van der Waals surface area contributed by atoms with Gasteiger partial charge in [0.15, 0.2) is 18.3 Å². The fraction of sp³-hybridized carbons (Fsp3) is 0.615. The van der Waals surface area contributed by atoms with Gasteiger partial charge in [-0.15, -0.1) is 0 Å². The maximum absolute atomic E-state index is 12.1. The topological polar surface area (TPSA) is 120 Å². The number of aldehydes is 1. The van der Waals surface area contributed by atoms with Crippen LogP contribution in [0.15, 0.2) is 15.7 Å². The van der Waals surface area contributed by atoms with Crippen LogP contribution in [0.5, 0.6) is 0 Å². The highest BCUT2D eigenvalue weighted by Gasteiger charge is 2.56.